The van der Waals surface area contributed by atoms with Crippen molar-refractivity contribution < 1.29 is 14.6 Å². The van der Waals surface area contributed by atoms with Crippen LogP contribution in [0.25, 0.3) is 0 Å². The molecular weight excluding hydrogens is 729 g/mol. The summed E-state index contributed by atoms with van der Waals surface area (Å²) in [7, 11) is 0. The van der Waals surface area contributed by atoms with Crippen LogP contribution in [0.15, 0.2) is 30.3 Å². The summed E-state index contributed by atoms with van der Waals surface area (Å²) in [4.78, 5) is 0. The lowest BCUT2D eigenvalue weighted by molar-refractivity contribution is -0.0125. The van der Waals surface area contributed by atoms with Crippen LogP contribution in [0.2, 0.25) is 0 Å². The van der Waals surface area contributed by atoms with Crippen LogP contribution in [0.3, 0.4) is 0 Å². The number of aliphatic hydroxyl groups is 1. The van der Waals surface area contributed by atoms with E-state index in [1.54, 1.807) is 0 Å². The Bertz CT molecular complexity index is 1020. The standard InChI is InChI=1S/C9H12.C8H17N.C8H16O.2C7H15N.C7H14O2.C6H13N/c1-8(2)9-6-4-3-5-7-9;2*1-7(2)8-3-5-9-6-4-8;1-6(2)7-3-4-8-5-7;1-6(2)7-4-3-5-8-7;1-6(2)7(8)3-4-9-5-7;1-5(2)6-3-7-4-6/h3-8H,1-2H3;7-9H,3-6H2,1-2H3;7-8H,3-6H2,1-2H3;2*6-8H,3-5H2,1-2H3;6,8H,3-5H2,1-2H3;5-7H,3-4H2,1-2H3. The van der Waals surface area contributed by atoms with Crippen molar-refractivity contribution in [2.75, 3.05) is 72.2 Å². The number of hydrogen-bond donors (Lipinski definition) is 5. The van der Waals surface area contributed by atoms with E-state index in [0.29, 0.717) is 25.0 Å². The highest BCUT2D eigenvalue weighted by Gasteiger charge is 2.35. The van der Waals surface area contributed by atoms with Gasteiger partial charge < -0.3 is 35.8 Å². The molecule has 1 aromatic rings. The van der Waals surface area contributed by atoms with Crippen molar-refractivity contribution >= 4 is 0 Å². The molecule has 6 aliphatic rings. The van der Waals surface area contributed by atoms with Crippen LogP contribution in [-0.4, -0.2) is 89.0 Å². The van der Waals surface area contributed by atoms with Crippen molar-refractivity contribution in [3.05, 3.63) is 35.9 Å². The van der Waals surface area contributed by atoms with Crippen LogP contribution in [0.1, 0.15) is 160 Å². The van der Waals surface area contributed by atoms with Gasteiger partial charge in [-0.2, -0.15) is 0 Å². The minimum atomic E-state index is -0.528. The van der Waals surface area contributed by atoms with E-state index in [1.165, 1.54) is 96.3 Å². The molecule has 0 saturated carbocycles. The third-order valence-corrected chi connectivity index (χ3v) is 13.8. The summed E-state index contributed by atoms with van der Waals surface area (Å²) in [6.07, 6.45) is 10.3. The second kappa shape index (κ2) is 32.6. The Morgan fingerprint density at radius 1 is 0.525 bits per heavy atom. The molecule has 3 unspecified atom stereocenters. The predicted molar refractivity (Wildman–Crippen MR) is 257 cm³/mol. The van der Waals surface area contributed by atoms with E-state index in [1.807, 2.05) is 19.9 Å². The van der Waals surface area contributed by atoms with Gasteiger partial charge in [0.15, 0.2) is 0 Å². The summed E-state index contributed by atoms with van der Waals surface area (Å²) in [6.45, 7) is 43.4. The van der Waals surface area contributed by atoms with E-state index >= 15 is 0 Å². The Balaban J connectivity index is 0.000000345. The Labute approximate surface area is 367 Å². The Morgan fingerprint density at radius 3 is 1.29 bits per heavy atom. The fourth-order valence-corrected chi connectivity index (χ4v) is 8.07. The van der Waals surface area contributed by atoms with E-state index in [2.05, 4.69) is 129 Å². The van der Waals surface area contributed by atoms with Gasteiger partial charge in [-0.05, 0) is 161 Å². The number of piperidine rings is 1. The highest BCUT2D eigenvalue weighted by molar-refractivity contribution is 5.17. The normalized spacial score (nSPS) is 24.8. The number of rotatable bonds is 7. The van der Waals surface area contributed by atoms with Crippen LogP contribution < -0.4 is 21.3 Å². The van der Waals surface area contributed by atoms with Gasteiger partial charge in [0.2, 0.25) is 0 Å². The second-order valence-corrected chi connectivity index (χ2v) is 20.8. The van der Waals surface area contributed by atoms with Crippen molar-refractivity contribution in [3.63, 3.8) is 0 Å². The summed E-state index contributed by atoms with van der Waals surface area (Å²) in [6, 6.07) is 11.3. The molecule has 7 rings (SSSR count). The van der Waals surface area contributed by atoms with Gasteiger partial charge in [0.05, 0.1) is 12.2 Å². The summed E-state index contributed by atoms with van der Waals surface area (Å²) in [5, 5.41) is 23.1. The minimum Gasteiger partial charge on any atom is -0.387 e. The van der Waals surface area contributed by atoms with Crippen LogP contribution in [-0.2, 0) is 9.47 Å². The first-order valence-electron chi connectivity index (χ1n) is 24.8. The number of nitrogens with one attached hydrogen (secondary N) is 4. The molecule has 0 radical (unpaired) electrons. The van der Waals surface area contributed by atoms with Crippen LogP contribution in [0.4, 0.5) is 0 Å². The fourth-order valence-electron chi connectivity index (χ4n) is 8.07. The first-order chi connectivity index (χ1) is 28.0. The fraction of sp³-hybridized carbons (Fsp3) is 0.885. The summed E-state index contributed by atoms with van der Waals surface area (Å²) >= 11 is 0. The Morgan fingerprint density at radius 2 is 1.03 bits per heavy atom. The van der Waals surface area contributed by atoms with Gasteiger partial charge in [-0.3, -0.25) is 0 Å². The van der Waals surface area contributed by atoms with Gasteiger partial charge >= 0.3 is 0 Å². The molecule has 348 valence electrons. The molecule has 7 nitrogen and oxygen atoms in total. The first-order valence-corrected chi connectivity index (χ1v) is 24.8. The van der Waals surface area contributed by atoms with Gasteiger partial charge in [0.25, 0.3) is 0 Å². The third-order valence-electron chi connectivity index (χ3n) is 13.8. The van der Waals surface area contributed by atoms with E-state index < -0.39 is 5.60 Å². The molecule has 5 N–H and O–H groups in total. The molecule has 6 fully saturated rings. The van der Waals surface area contributed by atoms with Gasteiger partial charge in [-0.15, -0.1) is 0 Å². The second-order valence-electron chi connectivity index (χ2n) is 20.8. The van der Waals surface area contributed by atoms with Crippen molar-refractivity contribution in [2.45, 2.75) is 166 Å². The van der Waals surface area contributed by atoms with Gasteiger partial charge in [-0.1, -0.05) is 127 Å². The molecule has 7 heteroatoms. The molecular formula is C52H102N4O3. The van der Waals surface area contributed by atoms with Crippen molar-refractivity contribution in [3.8, 4) is 0 Å². The summed E-state index contributed by atoms with van der Waals surface area (Å²) in [5.41, 5.74) is 0.887. The molecule has 6 saturated heterocycles. The molecule has 0 aliphatic carbocycles. The maximum Gasteiger partial charge on any atom is 0.0924 e. The molecule has 3 atom stereocenters. The lowest BCUT2D eigenvalue weighted by Gasteiger charge is -2.30. The van der Waals surface area contributed by atoms with E-state index in [-0.39, 0.29) is 0 Å². The lowest BCUT2D eigenvalue weighted by atomic mass is 9.87. The zero-order valence-electron chi connectivity index (χ0n) is 41.5. The Kier molecular flexibility index (Phi) is 30.9. The molecule has 59 heavy (non-hydrogen) atoms. The highest BCUT2D eigenvalue weighted by Crippen LogP contribution is 2.26. The molecule has 0 amide bonds. The highest BCUT2D eigenvalue weighted by atomic mass is 16.5. The average molecular weight is 831 g/mol. The SMILES string of the molecule is CC(C)C1(O)CCOC1.CC(C)C1CCCN1.CC(C)C1CCNC1.CC(C)C1CCNCC1.CC(C)C1CCOCC1.CC(C)C1CNC1.CC(C)c1ccccc1. The number of hydrogen-bond acceptors (Lipinski definition) is 7. The molecule has 1 aromatic carbocycles. The molecule has 6 aliphatic heterocycles. The lowest BCUT2D eigenvalue weighted by Crippen LogP contribution is -2.44. The molecule has 0 spiro atoms. The maximum absolute atomic E-state index is 9.64. The predicted octanol–water partition coefficient (Wildman–Crippen LogP) is 10.8. The summed E-state index contributed by atoms with van der Waals surface area (Å²) in [5.74, 6) is 9.18. The summed E-state index contributed by atoms with van der Waals surface area (Å²) < 4.78 is 10.3. The average Bonchev–Trinajstić information content (AvgIpc) is 4.02. The number of ether oxygens (including phenoxy) is 2. The van der Waals surface area contributed by atoms with Crippen molar-refractivity contribution in [1.29, 1.82) is 0 Å². The van der Waals surface area contributed by atoms with Gasteiger partial charge in [0.1, 0.15) is 0 Å². The smallest absolute Gasteiger partial charge is 0.0924 e. The van der Waals surface area contributed by atoms with Crippen molar-refractivity contribution in [1.82, 2.24) is 21.3 Å². The molecule has 0 aromatic heterocycles. The quantitative estimate of drug-likeness (QED) is 0.187. The zero-order chi connectivity index (χ0) is 44.2. The monoisotopic (exact) mass is 831 g/mol. The zero-order valence-corrected chi connectivity index (χ0v) is 41.5. The van der Waals surface area contributed by atoms with Crippen molar-refractivity contribution in [2.24, 2.45) is 59.2 Å². The molecule has 6 heterocycles. The topological polar surface area (TPSA) is 86.8 Å². The van der Waals surface area contributed by atoms with Gasteiger partial charge in [-0.25, -0.2) is 0 Å². The van der Waals surface area contributed by atoms with Crippen LogP contribution in [0, 0.1) is 59.2 Å². The minimum absolute atomic E-state index is 0.319. The van der Waals surface area contributed by atoms with Crippen LogP contribution >= 0.6 is 0 Å². The van der Waals surface area contributed by atoms with Crippen LogP contribution in [0.5, 0.6) is 0 Å². The maximum atomic E-state index is 9.64. The number of benzene rings is 1. The van der Waals surface area contributed by atoms with E-state index in [4.69, 9.17) is 9.47 Å². The van der Waals surface area contributed by atoms with E-state index in [0.717, 1.165) is 78.9 Å². The van der Waals surface area contributed by atoms with Gasteiger partial charge in [0, 0.05) is 32.3 Å². The largest absolute Gasteiger partial charge is 0.387 e. The third kappa shape index (κ3) is 25.6. The molecule has 0 bridgehead atoms. The first kappa shape index (κ1) is 56.0. The van der Waals surface area contributed by atoms with E-state index in [9.17, 15) is 5.11 Å². The Hall–Kier alpha value is -1.06.